The molecule has 12 heteroatoms. The number of halogens is 2. The molecule has 5 heterocycles. The summed E-state index contributed by atoms with van der Waals surface area (Å²) in [5.41, 5.74) is 4.18. The maximum absolute atomic E-state index is 13.1. The van der Waals surface area contributed by atoms with E-state index in [2.05, 4.69) is 46.0 Å². The molecular formula is C28H34F2N8OS. The number of imidazole rings is 1. The van der Waals surface area contributed by atoms with Gasteiger partial charge in [0.1, 0.15) is 11.5 Å². The Hall–Kier alpha value is -3.43. The molecule has 1 atom stereocenters. The van der Waals surface area contributed by atoms with Gasteiger partial charge in [-0.05, 0) is 31.1 Å². The van der Waals surface area contributed by atoms with Gasteiger partial charge in [0, 0.05) is 50.7 Å². The Morgan fingerprint density at radius 3 is 2.65 bits per heavy atom. The normalized spacial score (nSPS) is 21.2. The van der Waals surface area contributed by atoms with Crippen molar-refractivity contribution in [2.45, 2.75) is 32.2 Å². The van der Waals surface area contributed by atoms with E-state index in [1.165, 1.54) is 4.90 Å². The molecule has 3 aliphatic heterocycles. The number of carbonyl (C=O) groups excluding carboxylic acids is 1. The highest BCUT2D eigenvalue weighted by molar-refractivity contribution is 8.14. The van der Waals surface area contributed by atoms with E-state index in [9.17, 15) is 18.8 Å². The van der Waals surface area contributed by atoms with E-state index >= 15 is 0 Å². The first-order valence-corrected chi connectivity index (χ1v) is 14.5. The van der Waals surface area contributed by atoms with Crippen molar-refractivity contribution in [1.29, 1.82) is 5.26 Å². The van der Waals surface area contributed by atoms with Gasteiger partial charge in [0.05, 0.1) is 43.1 Å². The molecule has 2 aromatic rings. The summed E-state index contributed by atoms with van der Waals surface area (Å²) in [4.78, 5) is 29.8. The maximum Gasteiger partial charge on any atom is 0.282 e. The third kappa shape index (κ3) is 5.45. The number of piperazine rings is 1. The fourth-order valence-corrected chi connectivity index (χ4v) is 6.46. The van der Waals surface area contributed by atoms with Gasteiger partial charge in [0.2, 0.25) is 5.91 Å². The molecule has 0 aliphatic carbocycles. The number of carbonyl (C=O) groups is 1. The highest BCUT2D eigenvalue weighted by atomic mass is 32.2. The number of likely N-dealkylation sites (tertiary alicyclic amines) is 1. The number of thioether (sulfide) groups is 1. The third-order valence-electron chi connectivity index (χ3n) is 7.67. The predicted molar refractivity (Wildman–Crippen MR) is 155 cm³/mol. The van der Waals surface area contributed by atoms with Crippen molar-refractivity contribution < 1.29 is 13.6 Å². The second-order valence-corrected chi connectivity index (χ2v) is 11.3. The smallest absolute Gasteiger partial charge is 0.282 e. The quantitative estimate of drug-likeness (QED) is 0.374. The molecule has 0 spiro atoms. The molecule has 0 bridgehead atoms. The Bertz CT molecular complexity index is 1410. The van der Waals surface area contributed by atoms with Crippen LogP contribution in [0, 0.1) is 11.3 Å². The monoisotopic (exact) mass is 568 g/mol. The van der Waals surface area contributed by atoms with Gasteiger partial charge in [-0.1, -0.05) is 31.3 Å². The lowest BCUT2D eigenvalue weighted by atomic mass is 10.0. The van der Waals surface area contributed by atoms with Crippen molar-refractivity contribution in [3.8, 4) is 6.07 Å². The molecule has 0 radical (unpaired) electrons. The number of aryl methyl sites for hydroxylation is 1. The molecule has 2 saturated heterocycles. The number of fused-ring (bicyclic) bond motifs is 1. The number of amides is 1. The van der Waals surface area contributed by atoms with Crippen LogP contribution < -0.4 is 9.80 Å². The Labute approximate surface area is 237 Å². The van der Waals surface area contributed by atoms with Crippen molar-refractivity contribution in [3.05, 3.63) is 47.8 Å². The lowest BCUT2D eigenvalue weighted by molar-refractivity contribution is -0.166. The Balaban J connectivity index is 1.31. The minimum atomic E-state index is -2.74. The van der Waals surface area contributed by atoms with Crippen LogP contribution in [0.4, 0.5) is 20.3 Å². The molecule has 2 aromatic heterocycles. The van der Waals surface area contributed by atoms with Gasteiger partial charge in [-0.2, -0.15) is 5.26 Å². The fourth-order valence-electron chi connectivity index (χ4n) is 5.42. The van der Waals surface area contributed by atoms with Crippen molar-refractivity contribution in [2.75, 3.05) is 68.4 Å². The molecule has 212 valence electrons. The van der Waals surface area contributed by atoms with E-state index in [-0.39, 0.29) is 18.5 Å². The number of pyridine rings is 1. The molecule has 1 amide bonds. The molecule has 0 saturated carbocycles. The van der Waals surface area contributed by atoms with Crippen LogP contribution in [0.1, 0.15) is 19.5 Å². The van der Waals surface area contributed by atoms with Crippen LogP contribution in [0.25, 0.3) is 5.65 Å². The van der Waals surface area contributed by atoms with E-state index in [1.807, 2.05) is 31.0 Å². The second kappa shape index (κ2) is 11.2. The average molecular weight is 569 g/mol. The van der Waals surface area contributed by atoms with Crippen LogP contribution in [0.15, 0.2) is 47.1 Å². The molecule has 3 aliphatic rings. The second-order valence-electron chi connectivity index (χ2n) is 10.4. The molecule has 40 heavy (non-hydrogen) atoms. The minimum Gasteiger partial charge on any atom is -0.368 e. The number of hydrogen-bond donors (Lipinski definition) is 0. The van der Waals surface area contributed by atoms with Gasteiger partial charge in [-0.25, -0.2) is 13.8 Å². The number of nitrogens with zero attached hydrogens (tertiary/aromatic N) is 8. The molecule has 5 rings (SSSR count). The first-order chi connectivity index (χ1) is 19.1. The van der Waals surface area contributed by atoms with Gasteiger partial charge in [-0.15, -0.1) is 0 Å². The van der Waals surface area contributed by atoms with Gasteiger partial charge in [0.25, 0.3) is 5.92 Å². The van der Waals surface area contributed by atoms with Crippen LogP contribution in [0.2, 0.25) is 0 Å². The number of aliphatic imine (C=N–C) groups is 1. The summed E-state index contributed by atoms with van der Waals surface area (Å²) in [7, 11) is 2.00. The number of rotatable bonds is 7. The first-order valence-electron chi connectivity index (χ1n) is 13.5. The molecular weight excluding hydrogens is 534 g/mol. The van der Waals surface area contributed by atoms with Crippen LogP contribution in [-0.4, -0.2) is 101 Å². The van der Waals surface area contributed by atoms with Gasteiger partial charge >= 0.3 is 0 Å². The van der Waals surface area contributed by atoms with Gasteiger partial charge in [0.15, 0.2) is 5.17 Å². The lowest BCUT2D eigenvalue weighted by Crippen LogP contribution is -2.61. The maximum atomic E-state index is 13.1. The summed E-state index contributed by atoms with van der Waals surface area (Å²) < 4.78 is 28.4. The summed E-state index contributed by atoms with van der Waals surface area (Å²) in [6.45, 7) is 9.94. The first kappa shape index (κ1) is 28.1. The largest absolute Gasteiger partial charge is 0.368 e. The van der Waals surface area contributed by atoms with Crippen LogP contribution in [-0.2, 0) is 11.2 Å². The molecule has 2 fully saturated rings. The van der Waals surface area contributed by atoms with Gasteiger partial charge in [-0.3, -0.25) is 19.1 Å². The number of allylic oxidation sites excluding steroid dienone is 1. The Morgan fingerprint density at radius 2 is 2.02 bits per heavy atom. The molecule has 0 aromatic carbocycles. The van der Waals surface area contributed by atoms with Crippen molar-refractivity contribution >= 4 is 40.0 Å². The number of nitriles is 1. The highest BCUT2D eigenvalue weighted by Crippen LogP contribution is 2.33. The Kier molecular flexibility index (Phi) is 7.88. The van der Waals surface area contributed by atoms with Crippen LogP contribution in [0.5, 0.6) is 0 Å². The predicted octanol–water partition coefficient (Wildman–Crippen LogP) is 3.43. The van der Waals surface area contributed by atoms with E-state index in [0.717, 1.165) is 58.9 Å². The zero-order chi connectivity index (χ0) is 28.6. The number of anilines is 2. The molecule has 0 N–H and O–H groups in total. The SMILES string of the molecule is C=C(C#N)/C(=C\C)C1CSC(N(C)c2c(CC)nc3ccc(N4CCN(CC(=O)N5CC(F)(F)C5)CC4)cn23)=N1. The van der Waals surface area contributed by atoms with Crippen LogP contribution in [0.3, 0.4) is 0 Å². The fraction of sp³-hybridized carbons (Fsp3) is 0.500. The zero-order valence-electron chi connectivity index (χ0n) is 23.1. The van der Waals surface area contributed by atoms with Crippen molar-refractivity contribution in [1.82, 2.24) is 19.2 Å². The highest BCUT2D eigenvalue weighted by Gasteiger charge is 2.46. The van der Waals surface area contributed by atoms with Crippen molar-refractivity contribution in [2.24, 2.45) is 4.99 Å². The summed E-state index contributed by atoms with van der Waals surface area (Å²) in [6, 6.07) is 6.12. The lowest BCUT2D eigenvalue weighted by Gasteiger charge is -2.41. The number of aromatic nitrogens is 2. The van der Waals surface area contributed by atoms with Crippen molar-refractivity contribution in [3.63, 3.8) is 0 Å². The summed E-state index contributed by atoms with van der Waals surface area (Å²) in [6.07, 6.45) is 4.78. The standard InChI is InChI=1S/C28H34F2N8OS/c1-5-21(19(3)13-31)23-16-40-27(33-23)34(4)26-22(6-2)32-24-8-7-20(14-38(24)26)36-11-9-35(10-12-36)15-25(39)37-17-28(29,30)18-37/h5,7-8,14,23H,3,6,9-12,15-18H2,1-2,4H3/b21-5+. The Morgan fingerprint density at radius 1 is 1.30 bits per heavy atom. The van der Waals surface area contributed by atoms with Crippen LogP contribution >= 0.6 is 11.8 Å². The van der Waals surface area contributed by atoms with E-state index < -0.39 is 19.0 Å². The number of hydrogen-bond acceptors (Lipinski definition) is 8. The average Bonchev–Trinajstić information content (AvgIpc) is 3.56. The van der Waals surface area contributed by atoms with E-state index in [0.29, 0.717) is 18.7 Å². The summed E-state index contributed by atoms with van der Waals surface area (Å²) in [5.74, 6) is -1.26. The third-order valence-corrected chi connectivity index (χ3v) is 8.79. The minimum absolute atomic E-state index is 0.111. The summed E-state index contributed by atoms with van der Waals surface area (Å²) >= 11 is 1.66. The summed E-state index contributed by atoms with van der Waals surface area (Å²) in [5, 5.41) is 10.2. The van der Waals surface area contributed by atoms with E-state index in [1.54, 1.807) is 11.8 Å². The molecule has 9 nitrogen and oxygen atoms in total. The topological polar surface area (TPSA) is 83.5 Å². The number of amidine groups is 1. The van der Waals surface area contributed by atoms with Gasteiger partial charge < -0.3 is 14.7 Å². The number of alkyl halides is 2. The zero-order valence-corrected chi connectivity index (χ0v) is 23.9. The van der Waals surface area contributed by atoms with E-state index in [4.69, 9.17) is 9.98 Å². The molecule has 1 unspecified atom stereocenters.